The molecule has 2 aromatic carbocycles. The maximum atomic E-state index is 13.1. The van der Waals surface area contributed by atoms with Gasteiger partial charge in [-0.3, -0.25) is 4.79 Å². The predicted molar refractivity (Wildman–Crippen MR) is 106 cm³/mol. The Kier molecular flexibility index (Phi) is 4.38. The normalized spacial score (nSPS) is 11.5. The molecule has 0 radical (unpaired) electrons. The van der Waals surface area contributed by atoms with Gasteiger partial charge in [0, 0.05) is 11.6 Å². The smallest absolute Gasteiger partial charge is 0.254 e. The first kappa shape index (κ1) is 17.0. The van der Waals surface area contributed by atoms with Gasteiger partial charge in [-0.05, 0) is 44.2 Å². The molecule has 0 bridgehead atoms. The van der Waals surface area contributed by atoms with Crippen molar-refractivity contribution in [2.24, 2.45) is 0 Å². The van der Waals surface area contributed by atoms with Crippen LogP contribution in [0, 0.1) is 0 Å². The van der Waals surface area contributed by atoms with Crippen LogP contribution < -0.4 is 0 Å². The quantitative estimate of drug-likeness (QED) is 0.545. The molecule has 0 aliphatic carbocycles. The maximum absolute atomic E-state index is 13.1. The number of rotatable bonds is 4. The largest absolute Gasteiger partial charge is 0.340 e. The second-order valence-electron chi connectivity index (χ2n) is 6.38. The SMILES string of the molecule is CC(C)N(Cc1nc2ccccc2[nH]1)C(=O)c1ccc2sc(Cl)nc2c1. The Bertz CT molecular complexity index is 1070. The number of benzene rings is 2. The third kappa shape index (κ3) is 3.18. The van der Waals surface area contributed by atoms with Gasteiger partial charge in [-0.15, -0.1) is 11.3 Å². The van der Waals surface area contributed by atoms with Gasteiger partial charge in [0.2, 0.25) is 0 Å². The number of imidazole rings is 1. The zero-order chi connectivity index (χ0) is 18.3. The number of carbonyl (C=O) groups is 1. The molecule has 4 rings (SSSR count). The van der Waals surface area contributed by atoms with Gasteiger partial charge in [0.1, 0.15) is 5.82 Å². The summed E-state index contributed by atoms with van der Waals surface area (Å²) in [7, 11) is 0. The van der Waals surface area contributed by atoms with Crippen molar-refractivity contribution in [3.8, 4) is 0 Å². The van der Waals surface area contributed by atoms with Crippen LogP contribution in [0.5, 0.6) is 0 Å². The lowest BCUT2D eigenvalue weighted by Gasteiger charge is -2.26. The van der Waals surface area contributed by atoms with Crippen LogP contribution in [0.1, 0.15) is 30.0 Å². The Balaban J connectivity index is 1.64. The van der Waals surface area contributed by atoms with E-state index in [1.165, 1.54) is 11.3 Å². The van der Waals surface area contributed by atoms with Gasteiger partial charge in [0.05, 0.1) is 27.8 Å². The Hall–Kier alpha value is -2.44. The molecule has 0 saturated heterocycles. The number of carbonyl (C=O) groups excluding carboxylic acids is 1. The number of aromatic amines is 1. The summed E-state index contributed by atoms with van der Waals surface area (Å²) in [6.45, 7) is 4.42. The molecule has 1 amide bonds. The molecule has 0 fully saturated rings. The van der Waals surface area contributed by atoms with Gasteiger partial charge >= 0.3 is 0 Å². The first-order valence-electron chi connectivity index (χ1n) is 8.32. The number of thiazole rings is 1. The van der Waals surface area contributed by atoms with Gasteiger partial charge in [0.25, 0.3) is 5.91 Å². The Morgan fingerprint density at radius 3 is 2.77 bits per heavy atom. The van der Waals surface area contributed by atoms with E-state index in [0.29, 0.717) is 16.6 Å². The molecule has 4 aromatic rings. The van der Waals surface area contributed by atoms with E-state index < -0.39 is 0 Å². The third-order valence-electron chi connectivity index (χ3n) is 4.25. The maximum Gasteiger partial charge on any atom is 0.254 e. The van der Waals surface area contributed by atoms with Crippen molar-refractivity contribution in [2.45, 2.75) is 26.4 Å². The molecular weight excluding hydrogens is 368 g/mol. The van der Waals surface area contributed by atoms with Gasteiger partial charge < -0.3 is 9.88 Å². The minimum atomic E-state index is -0.0496. The summed E-state index contributed by atoms with van der Waals surface area (Å²) in [6, 6.07) is 13.4. The molecule has 132 valence electrons. The Morgan fingerprint density at radius 2 is 2.00 bits per heavy atom. The number of nitrogens with zero attached hydrogens (tertiary/aromatic N) is 3. The summed E-state index contributed by atoms with van der Waals surface area (Å²) in [5.41, 5.74) is 3.22. The number of halogens is 1. The standard InChI is InChI=1S/C19H17ClN4OS/c1-11(2)24(10-17-21-13-5-3-4-6-14(13)22-17)18(25)12-7-8-16-15(9-12)23-19(20)26-16/h3-9,11H,10H2,1-2H3,(H,21,22). The summed E-state index contributed by atoms with van der Waals surface area (Å²) in [4.78, 5) is 27.0. The van der Waals surface area contributed by atoms with Crippen molar-refractivity contribution in [3.63, 3.8) is 0 Å². The second-order valence-corrected chi connectivity index (χ2v) is 7.99. The van der Waals surface area contributed by atoms with Gasteiger partial charge in [-0.1, -0.05) is 23.7 Å². The first-order valence-corrected chi connectivity index (χ1v) is 9.51. The fraction of sp³-hybridized carbons (Fsp3) is 0.211. The fourth-order valence-corrected chi connectivity index (χ4v) is 3.94. The number of amides is 1. The Morgan fingerprint density at radius 1 is 1.19 bits per heavy atom. The summed E-state index contributed by atoms with van der Waals surface area (Å²) in [5, 5.41) is 0. The number of nitrogens with one attached hydrogen (secondary N) is 1. The molecule has 0 aliphatic rings. The third-order valence-corrected chi connectivity index (χ3v) is 5.39. The van der Waals surface area contributed by atoms with Gasteiger partial charge in [-0.25, -0.2) is 9.97 Å². The van der Waals surface area contributed by atoms with E-state index in [1.807, 2.05) is 50.2 Å². The highest BCUT2D eigenvalue weighted by atomic mass is 35.5. The van der Waals surface area contributed by atoms with Crippen molar-refractivity contribution in [2.75, 3.05) is 0 Å². The average Bonchev–Trinajstić information content (AvgIpc) is 3.19. The highest BCUT2D eigenvalue weighted by Gasteiger charge is 2.21. The number of para-hydroxylation sites is 2. The van der Waals surface area contributed by atoms with Crippen LogP contribution in [0.3, 0.4) is 0 Å². The zero-order valence-corrected chi connectivity index (χ0v) is 15.9. The summed E-state index contributed by atoms with van der Waals surface area (Å²) < 4.78 is 1.45. The van der Waals surface area contributed by atoms with E-state index in [1.54, 1.807) is 11.0 Å². The molecule has 0 atom stereocenters. The molecule has 7 heteroatoms. The van der Waals surface area contributed by atoms with Crippen LogP contribution >= 0.6 is 22.9 Å². The van der Waals surface area contributed by atoms with Crippen LogP contribution in [-0.2, 0) is 6.54 Å². The zero-order valence-electron chi connectivity index (χ0n) is 14.4. The molecule has 0 aliphatic heterocycles. The van der Waals surface area contributed by atoms with E-state index in [2.05, 4.69) is 15.0 Å². The molecule has 26 heavy (non-hydrogen) atoms. The number of aromatic nitrogens is 3. The van der Waals surface area contributed by atoms with Crippen LogP contribution in [0.4, 0.5) is 0 Å². The molecule has 0 saturated carbocycles. The molecular formula is C19H17ClN4OS. The predicted octanol–water partition coefficient (Wildman–Crippen LogP) is 4.88. The molecule has 5 nitrogen and oxygen atoms in total. The minimum Gasteiger partial charge on any atom is -0.340 e. The molecule has 0 spiro atoms. The lowest BCUT2D eigenvalue weighted by Crippen LogP contribution is -2.36. The lowest BCUT2D eigenvalue weighted by atomic mass is 10.1. The number of hydrogen-bond acceptors (Lipinski definition) is 4. The molecule has 1 N–H and O–H groups in total. The van der Waals surface area contributed by atoms with Crippen LogP contribution in [0.15, 0.2) is 42.5 Å². The van der Waals surface area contributed by atoms with Crippen molar-refractivity contribution in [3.05, 3.63) is 58.3 Å². The molecule has 2 aromatic heterocycles. The number of fused-ring (bicyclic) bond motifs is 2. The average molecular weight is 385 g/mol. The van der Waals surface area contributed by atoms with E-state index in [4.69, 9.17) is 11.6 Å². The van der Waals surface area contributed by atoms with E-state index in [0.717, 1.165) is 27.1 Å². The number of hydrogen-bond donors (Lipinski definition) is 1. The first-order chi connectivity index (χ1) is 12.5. The van der Waals surface area contributed by atoms with Crippen LogP contribution in [0.2, 0.25) is 4.47 Å². The second kappa shape index (κ2) is 6.70. The number of H-pyrrole nitrogens is 1. The van der Waals surface area contributed by atoms with Gasteiger partial charge in [-0.2, -0.15) is 0 Å². The minimum absolute atomic E-state index is 0.0328. The highest BCUT2D eigenvalue weighted by molar-refractivity contribution is 7.22. The van der Waals surface area contributed by atoms with Crippen molar-refractivity contribution < 1.29 is 4.79 Å². The topological polar surface area (TPSA) is 61.9 Å². The van der Waals surface area contributed by atoms with Crippen molar-refractivity contribution in [1.29, 1.82) is 0 Å². The fourth-order valence-electron chi connectivity index (χ4n) is 2.93. The lowest BCUT2D eigenvalue weighted by molar-refractivity contribution is 0.0686. The van der Waals surface area contributed by atoms with E-state index in [-0.39, 0.29) is 11.9 Å². The van der Waals surface area contributed by atoms with Crippen molar-refractivity contribution >= 4 is 50.1 Å². The Labute approximate surface area is 159 Å². The van der Waals surface area contributed by atoms with Crippen molar-refractivity contribution in [1.82, 2.24) is 19.9 Å². The van der Waals surface area contributed by atoms with Crippen LogP contribution in [0.25, 0.3) is 21.3 Å². The monoisotopic (exact) mass is 384 g/mol. The summed E-state index contributed by atoms with van der Waals surface area (Å²) in [5.74, 6) is 0.720. The molecule has 0 unspecified atom stereocenters. The van der Waals surface area contributed by atoms with E-state index >= 15 is 0 Å². The van der Waals surface area contributed by atoms with E-state index in [9.17, 15) is 4.79 Å². The molecule has 2 heterocycles. The highest BCUT2D eigenvalue weighted by Crippen LogP contribution is 2.27. The summed E-state index contributed by atoms with van der Waals surface area (Å²) in [6.07, 6.45) is 0. The van der Waals surface area contributed by atoms with Crippen LogP contribution in [-0.4, -0.2) is 31.8 Å². The van der Waals surface area contributed by atoms with Gasteiger partial charge in [0.15, 0.2) is 4.47 Å². The summed E-state index contributed by atoms with van der Waals surface area (Å²) >= 11 is 7.38.